The van der Waals surface area contributed by atoms with Crippen molar-refractivity contribution < 1.29 is 23.4 Å². The summed E-state index contributed by atoms with van der Waals surface area (Å²) >= 11 is 7.19. The molecule has 45 heavy (non-hydrogen) atoms. The zero-order chi connectivity index (χ0) is 30.9. The molecule has 0 spiro atoms. The van der Waals surface area contributed by atoms with E-state index in [0.29, 0.717) is 94.0 Å². The molecule has 2 N–H and O–H groups in total. The van der Waals surface area contributed by atoms with E-state index < -0.39 is 6.17 Å². The summed E-state index contributed by atoms with van der Waals surface area (Å²) in [5, 5.41) is 16.6. The Morgan fingerprint density at radius 3 is 2.93 bits per heavy atom. The number of hydrogen-bond donors (Lipinski definition) is 2. The van der Waals surface area contributed by atoms with Crippen LogP contribution < -0.4 is 19.7 Å². The highest BCUT2D eigenvalue weighted by molar-refractivity contribution is 6.37. The highest BCUT2D eigenvalue weighted by atomic mass is 35.5. The van der Waals surface area contributed by atoms with Crippen LogP contribution >= 0.6 is 11.6 Å². The zero-order valence-electron chi connectivity index (χ0n) is 25.2. The second kappa shape index (κ2) is 11.1. The normalized spacial score (nSPS) is 24.5. The Bertz CT molecular complexity index is 1820. The predicted molar refractivity (Wildman–Crippen MR) is 171 cm³/mol. The SMILES string of the molecule is CCc1c(F)ccc2cc(O)cc(-c3cc4nc(OCCC56CCCN5CC(F)C6)nc5c4c(c3Cl)OCC3CNCCN53)c12. The summed E-state index contributed by atoms with van der Waals surface area (Å²) in [5.41, 5.74) is 2.15. The maximum absolute atomic E-state index is 15.1. The van der Waals surface area contributed by atoms with Crippen molar-refractivity contribution in [2.45, 2.75) is 56.8 Å². The molecule has 1 aromatic heterocycles. The van der Waals surface area contributed by atoms with E-state index in [4.69, 9.17) is 31.0 Å². The number of nitrogens with one attached hydrogen (secondary N) is 1. The molecule has 0 aliphatic carbocycles. The van der Waals surface area contributed by atoms with Crippen LogP contribution in [-0.4, -0.2) is 83.7 Å². The summed E-state index contributed by atoms with van der Waals surface area (Å²) < 4.78 is 42.2. The Kier molecular flexibility index (Phi) is 7.15. The average Bonchev–Trinajstić information content (AvgIpc) is 3.49. The number of benzene rings is 3. The van der Waals surface area contributed by atoms with Gasteiger partial charge in [-0.1, -0.05) is 24.6 Å². The van der Waals surface area contributed by atoms with Gasteiger partial charge in [-0.25, -0.2) is 8.78 Å². The smallest absolute Gasteiger partial charge is 0.318 e. The van der Waals surface area contributed by atoms with Crippen LogP contribution in [0.15, 0.2) is 30.3 Å². The maximum Gasteiger partial charge on any atom is 0.318 e. The number of aromatic nitrogens is 2. The highest BCUT2D eigenvalue weighted by Gasteiger charge is 2.48. The van der Waals surface area contributed by atoms with Crippen LogP contribution in [0.25, 0.3) is 32.8 Å². The first-order chi connectivity index (χ1) is 21.8. The molecule has 5 heterocycles. The Labute approximate surface area is 265 Å². The molecule has 4 aromatic rings. The Morgan fingerprint density at radius 1 is 1.18 bits per heavy atom. The number of aromatic hydroxyl groups is 1. The molecule has 4 aliphatic rings. The first-order valence-electron chi connectivity index (χ1n) is 16.0. The first-order valence-corrected chi connectivity index (χ1v) is 16.3. The van der Waals surface area contributed by atoms with Gasteiger partial charge in [-0.2, -0.15) is 9.97 Å². The molecular formula is C34H36ClF2N5O3. The molecule has 3 atom stereocenters. The fourth-order valence-corrected chi connectivity index (χ4v) is 8.48. The van der Waals surface area contributed by atoms with Crippen LogP contribution in [0, 0.1) is 5.82 Å². The van der Waals surface area contributed by atoms with Crippen LogP contribution in [0.2, 0.25) is 5.02 Å². The van der Waals surface area contributed by atoms with E-state index in [1.54, 1.807) is 18.2 Å². The Balaban J connectivity index is 1.27. The largest absolute Gasteiger partial charge is 0.508 e. The summed E-state index contributed by atoms with van der Waals surface area (Å²) in [7, 11) is 0. The second-order valence-electron chi connectivity index (χ2n) is 12.8. The monoisotopic (exact) mass is 635 g/mol. The number of hydrogen-bond acceptors (Lipinski definition) is 8. The lowest BCUT2D eigenvalue weighted by Crippen LogP contribution is -2.53. The molecule has 3 saturated heterocycles. The standard InChI is InChI=1S/C34H36ClF2N5O3/c1-2-23-26(37)5-4-19-12-22(43)13-24(28(19)23)25-14-27-29-31(30(25)35)45-18-21-16-38-8-10-42(21)32(29)40-33(39-27)44-11-7-34-6-3-9-41(34)17-20(36)15-34/h4-5,12-14,20-21,38,43H,2-3,6-11,15-18H2,1H3. The van der Waals surface area contributed by atoms with E-state index in [-0.39, 0.29) is 29.2 Å². The van der Waals surface area contributed by atoms with E-state index in [9.17, 15) is 9.50 Å². The van der Waals surface area contributed by atoms with Crippen molar-refractivity contribution in [1.29, 1.82) is 0 Å². The summed E-state index contributed by atoms with van der Waals surface area (Å²) in [6.45, 7) is 6.34. The van der Waals surface area contributed by atoms with Gasteiger partial charge in [-0.15, -0.1) is 0 Å². The van der Waals surface area contributed by atoms with E-state index in [1.165, 1.54) is 6.07 Å². The van der Waals surface area contributed by atoms with Crippen LogP contribution in [0.4, 0.5) is 14.6 Å². The first kappa shape index (κ1) is 29.0. The van der Waals surface area contributed by atoms with E-state index >= 15 is 4.39 Å². The van der Waals surface area contributed by atoms with Crippen molar-refractivity contribution in [2.24, 2.45) is 0 Å². The quantitative estimate of drug-likeness (QED) is 0.266. The third-order valence-corrected chi connectivity index (χ3v) is 10.6. The molecule has 0 bridgehead atoms. The summed E-state index contributed by atoms with van der Waals surface area (Å²) in [6.07, 6.45) is 2.98. The third kappa shape index (κ3) is 4.75. The molecule has 4 aliphatic heterocycles. The van der Waals surface area contributed by atoms with Gasteiger partial charge in [0, 0.05) is 43.7 Å². The molecule has 3 aromatic carbocycles. The van der Waals surface area contributed by atoms with Gasteiger partial charge in [-0.3, -0.25) is 4.90 Å². The number of fused-ring (bicyclic) bond motifs is 4. The van der Waals surface area contributed by atoms with Gasteiger partial charge in [0.2, 0.25) is 0 Å². The number of phenols is 1. The van der Waals surface area contributed by atoms with E-state index in [2.05, 4.69) is 15.1 Å². The van der Waals surface area contributed by atoms with Crippen LogP contribution in [-0.2, 0) is 6.42 Å². The number of piperazine rings is 1. The minimum atomic E-state index is -0.795. The van der Waals surface area contributed by atoms with Crippen molar-refractivity contribution in [3.8, 4) is 28.6 Å². The maximum atomic E-state index is 15.1. The van der Waals surface area contributed by atoms with Gasteiger partial charge < -0.3 is 24.8 Å². The molecule has 3 unspecified atom stereocenters. The van der Waals surface area contributed by atoms with Crippen LogP contribution in [0.1, 0.15) is 38.2 Å². The Morgan fingerprint density at radius 2 is 2.07 bits per heavy atom. The lowest BCUT2D eigenvalue weighted by atomic mass is 9.90. The van der Waals surface area contributed by atoms with Crippen molar-refractivity contribution in [1.82, 2.24) is 20.2 Å². The molecule has 3 fully saturated rings. The van der Waals surface area contributed by atoms with Gasteiger partial charge in [0.15, 0.2) is 5.75 Å². The fourth-order valence-electron chi connectivity index (χ4n) is 8.17. The number of phenolic OH excluding ortho intramolecular Hbond substituents is 1. The number of alkyl halides is 1. The van der Waals surface area contributed by atoms with E-state index in [1.807, 2.05) is 13.0 Å². The van der Waals surface area contributed by atoms with Gasteiger partial charge in [-0.05, 0) is 78.4 Å². The van der Waals surface area contributed by atoms with E-state index in [0.717, 1.165) is 39.0 Å². The van der Waals surface area contributed by atoms with Gasteiger partial charge in [0.1, 0.15) is 30.2 Å². The minimum absolute atomic E-state index is 0.0184. The molecular weight excluding hydrogens is 600 g/mol. The molecule has 0 amide bonds. The third-order valence-electron chi connectivity index (χ3n) is 10.2. The van der Waals surface area contributed by atoms with Gasteiger partial charge in [0.05, 0.1) is 28.6 Å². The van der Waals surface area contributed by atoms with Crippen molar-refractivity contribution in [2.75, 3.05) is 50.8 Å². The van der Waals surface area contributed by atoms with Crippen molar-refractivity contribution in [3.63, 3.8) is 0 Å². The molecule has 0 saturated carbocycles. The molecule has 0 radical (unpaired) electrons. The van der Waals surface area contributed by atoms with Crippen LogP contribution in [0.5, 0.6) is 17.5 Å². The number of aryl methyl sites for hydroxylation is 1. The highest BCUT2D eigenvalue weighted by Crippen LogP contribution is 2.49. The fraction of sp³-hybridized carbons (Fsp3) is 0.471. The number of rotatable bonds is 6. The second-order valence-corrected chi connectivity index (χ2v) is 13.2. The zero-order valence-corrected chi connectivity index (χ0v) is 26.0. The Hall–Kier alpha value is -3.47. The lowest BCUT2D eigenvalue weighted by molar-refractivity contribution is 0.146. The summed E-state index contributed by atoms with van der Waals surface area (Å²) in [4.78, 5) is 14.3. The molecule has 8 nitrogen and oxygen atoms in total. The number of nitrogens with zero attached hydrogens (tertiary/aromatic N) is 4. The van der Waals surface area contributed by atoms with Gasteiger partial charge in [0.25, 0.3) is 0 Å². The molecule has 8 rings (SSSR count). The number of halogens is 3. The van der Waals surface area contributed by atoms with Crippen molar-refractivity contribution in [3.05, 3.63) is 46.7 Å². The lowest BCUT2D eigenvalue weighted by Gasteiger charge is -2.35. The summed E-state index contributed by atoms with van der Waals surface area (Å²) in [6, 6.07) is 8.49. The minimum Gasteiger partial charge on any atom is -0.508 e. The topological polar surface area (TPSA) is 83.0 Å². The predicted octanol–water partition coefficient (Wildman–Crippen LogP) is 6.03. The average molecular weight is 636 g/mol. The molecule has 236 valence electrons. The number of ether oxygens (including phenoxy) is 2. The summed E-state index contributed by atoms with van der Waals surface area (Å²) in [5.74, 6) is 0.905. The van der Waals surface area contributed by atoms with Crippen molar-refractivity contribution >= 4 is 39.1 Å². The van der Waals surface area contributed by atoms with Gasteiger partial charge >= 0.3 is 6.01 Å². The molecule has 11 heteroatoms. The van der Waals surface area contributed by atoms with Crippen LogP contribution in [0.3, 0.4) is 0 Å². The number of anilines is 1.